The van der Waals surface area contributed by atoms with E-state index < -0.39 is 6.04 Å². The van der Waals surface area contributed by atoms with Gasteiger partial charge in [-0.3, -0.25) is 9.59 Å². The molecule has 2 heterocycles. The molecule has 8 nitrogen and oxygen atoms in total. The second-order valence-corrected chi connectivity index (χ2v) is 8.08. The Labute approximate surface area is 183 Å². The number of amides is 2. The second kappa shape index (κ2) is 10.3. The number of pyridine rings is 1. The summed E-state index contributed by atoms with van der Waals surface area (Å²) in [5, 5.41) is 5.70. The first kappa shape index (κ1) is 22.6. The van der Waals surface area contributed by atoms with Crippen LogP contribution in [0.5, 0.6) is 5.75 Å². The van der Waals surface area contributed by atoms with Crippen molar-refractivity contribution in [2.24, 2.45) is 5.92 Å². The van der Waals surface area contributed by atoms with E-state index in [1.165, 1.54) is 7.11 Å². The van der Waals surface area contributed by atoms with Crippen molar-refractivity contribution in [3.8, 4) is 5.75 Å². The maximum Gasteiger partial charge on any atom is 0.255 e. The third kappa shape index (κ3) is 5.73. The van der Waals surface area contributed by atoms with Crippen molar-refractivity contribution in [2.75, 3.05) is 50.6 Å². The van der Waals surface area contributed by atoms with Crippen LogP contribution in [0.3, 0.4) is 0 Å². The molecular formula is C23H31N5O3. The maximum atomic E-state index is 12.9. The quantitative estimate of drug-likeness (QED) is 0.708. The number of carbonyl (C=O) groups excluding carboxylic acids is 2. The van der Waals surface area contributed by atoms with Gasteiger partial charge in [-0.2, -0.15) is 0 Å². The van der Waals surface area contributed by atoms with Crippen LogP contribution >= 0.6 is 0 Å². The topological polar surface area (TPSA) is 86.8 Å². The van der Waals surface area contributed by atoms with Crippen molar-refractivity contribution in [1.82, 2.24) is 15.2 Å². The lowest BCUT2D eigenvalue weighted by atomic mass is 10.0. The number of methoxy groups -OCH3 is 1. The summed E-state index contributed by atoms with van der Waals surface area (Å²) in [6, 6.07) is 10.00. The molecule has 1 aromatic heterocycles. The van der Waals surface area contributed by atoms with E-state index in [1.807, 2.05) is 26.0 Å². The zero-order valence-electron chi connectivity index (χ0n) is 18.6. The van der Waals surface area contributed by atoms with E-state index in [-0.39, 0.29) is 17.7 Å². The number of piperazine rings is 1. The Morgan fingerprint density at radius 3 is 2.39 bits per heavy atom. The minimum Gasteiger partial charge on any atom is -0.496 e. The smallest absolute Gasteiger partial charge is 0.255 e. The average molecular weight is 426 g/mol. The largest absolute Gasteiger partial charge is 0.496 e. The Kier molecular flexibility index (Phi) is 7.46. The van der Waals surface area contributed by atoms with Crippen molar-refractivity contribution in [3.05, 3.63) is 48.2 Å². The summed E-state index contributed by atoms with van der Waals surface area (Å²) in [5.74, 6) is 0.626. The lowest BCUT2D eigenvalue weighted by molar-refractivity contribution is -0.118. The van der Waals surface area contributed by atoms with Crippen molar-refractivity contribution in [1.29, 1.82) is 0 Å². The number of hydrogen-bond acceptors (Lipinski definition) is 6. The maximum absolute atomic E-state index is 12.9. The monoisotopic (exact) mass is 425 g/mol. The van der Waals surface area contributed by atoms with Gasteiger partial charge in [-0.15, -0.1) is 0 Å². The standard InChI is InChI=1S/C23H31N5O3/c1-16(2)21(26-22(29)18-7-5-6-8-19(18)31-4)23(30)25-17-9-10-20(24-15-17)28-13-11-27(3)12-14-28/h5-10,15-16,21H,11-14H2,1-4H3,(H,25,30)(H,26,29). The molecule has 0 saturated carbocycles. The van der Waals surface area contributed by atoms with E-state index in [4.69, 9.17) is 4.74 Å². The SMILES string of the molecule is COc1ccccc1C(=O)NC(C(=O)Nc1ccc(N2CCN(C)CC2)nc1)C(C)C. The molecule has 31 heavy (non-hydrogen) atoms. The highest BCUT2D eigenvalue weighted by molar-refractivity contribution is 6.02. The van der Waals surface area contributed by atoms with Gasteiger partial charge in [0.05, 0.1) is 24.6 Å². The lowest BCUT2D eigenvalue weighted by Crippen LogP contribution is -2.47. The molecule has 3 rings (SSSR count). The van der Waals surface area contributed by atoms with Gasteiger partial charge in [-0.25, -0.2) is 4.98 Å². The summed E-state index contributed by atoms with van der Waals surface area (Å²) < 4.78 is 5.26. The van der Waals surface area contributed by atoms with Gasteiger partial charge in [0.2, 0.25) is 5.91 Å². The molecule has 1 fully saturated rings. The normalized spacial score (nSPS) is 15.5. The molecule has 1 aromatic carbocycles. The van der Waals surface area contributed by atoms with Crippen LogP contribution in [-0.4, -0.2) is 68.1 Å². The first-order valence-electron chi connectivity index (χ1n) is 10.5. The molecule has 0 bridgehead atoms. The highest BCUT2D eigenvalue weighted by Gasteiger charge is 2.26. The number of benzene rings is 1. The zero-order chi connectivity index (χ0) is 22.4. The third-order valence-corrected chi connectivity index (χ3v) is 5.43. The first-order chi connectivity index (χ1) is 14.9. The van der Waals surface area contributed by atoms with E-state index in [0.717, 1.165) is 32.0 Å². The van der Waals surface area contributed by atoms with Crippen LogP contribution in [0.25, 0.3) is 0 Å². The van der Waals surface area contributed by atoms with Crippen LogP contribution in [0.15, 0.2) is 42.6 Å². The van der Waals surface area contributed by atoms with Gasteiger partial charge in [-0.1, -0.05) is 26.0 Å². The summed E-state index contributed by atoms with van der Waals surface area (Å²) in [6.45, 7) is 7.65. The number of likely N-dealkylation sites (N-methyl/N-ethyl adjacent to an activating group) is 1. The fraction of sp³-hybridized carbons (Fsp3) is 0.435. The van der Waals surface area contributed by atoms with E-state index >= 15 is 0 Å². The van der Waals surface area contributed by atoms with Crippen LogP contribution in [0, 0.1) is 5.92 Å². The summed E-state index contributed by atoms with van der Waals surface area (Å²) >= 11 is 0. The van der Waals surface area contributed by atoms with Crippen LogP contribution in [0.2, 0.25) is 0 Å². The number of anilines is 2. The highest BCUT2D eigenvalue weighted by Crippen LogP contribution is 2.19. The molecule has 2 amide bonds. The zero-order valence-corrected chi connectivity index (χ0v) is 18.6. The third-order valence-electron chi connectivity index (χ3n) is 5.43. The molecule has 0 radical (unpaired) electrons. The molecule has 0 aliphatic carbocycles. The minimum atomic E-state index is -0.699. The van der Waals surface area contributed by atoms with Gasteiger partial charge in [0.15, 0.2) is 0 Å². The molecule has 1 saturated heterocycles. The average Bonchev–Trinajstić information content (AvgIpc) is 2.78. The number of rotatable bonds is 7. The van der Waals surface area contributed by atoms with Gasteiger partial charge in [0.1, 0.15) is 17.6 Å². The van der Waals surface area contributed by atoms with Crippen LogP contribution < -0.4 is 20.3 Å². The van der Waals surface area contributed by atoms with Crippen molar-refractivity contribution in [2.45, 2.75) is 19.9 Å². The van der Waals surface area contributed by atoms with Crippen molar-refractivity contribution < 1.29 is 14.3 Å². The van der Waals surface area contributed by atoms with Gasteiger partial charge in [0, 0.05) is 26.2 Å². The Hall–Kier alpha value is -3.13. The van der Waals surface area contributed by atoms with Crippen molar-refractivity contribution in [3.63, 3.8) is 0 Å². The van der Waals surface area contributed by atoms with Crippen LogP contribution in [0.1, 0.15) is 24.2 Å². The Balaban J connectivity index is 1.64. The number of nitrogens with zero attached hydrogens (tertiary/aromatic N) is 3. The molecule has 1 aliphatic heterocycles. The van der Waals surface area contributed by atoms with Gasteiger partial charge in [-0.05, 0) is 37.2 Å². The number of nitrogens with one attached hydrogen (secondary N) is 2. The number of hydrogen-bond donors (Lipinski definition) is 2. The van der Waals surface area contributed by atoms with Crippen LogP contribution in [0.4, 0.5) is 11.5 Å². The molecule has 1 unspecified atom stereocenters. The first-order valence-corrected chi connectivity index (χ1v) is 10.5. The van der Waals surface area contributed by atoms with Gasteiger partial charge < -0.3 is 25.2 Å². The predicted molar refractivity (Wildman–Crippen MR) is 122 cm³/mol. The number of aromatic nitrogens is 1. The summed E-state index contributed by atoms with van der Waals surface area (Å²) in [4.78, 5) is 34.7. The molecule has 8 heteroatoms. The van der Waals surface area contributed by atoms with Crippen molar-refractivity contribution >= 4 is 23.3 Å². The van der Waals surface area contributed by atoms with E-state index in [2.05, 4.69) is 32.5 Å². The molecule has 2 aromatic rings. The van der Waals surface area contributed by atoms with Gasteiger partial charge in [0.25, 0.3) is 5.91 Å². The molecule has 166 valence electrons. The molecule has 0 spiro atoms. The summed E-state index contributed by atoms with van der Waals surface area (Å²) in [5.41, 5.74) is 0.988. The molecule has 1 aliphatic rings. The fourth-order valence-electron chi connectivity index (χ4n) is 3.49. The molecule has 1 atom stereocenters. The van der Waals surface area contributed by atoms with Gasteiger partial charge >= 0.3 is 0 Å². The van der Waals surface area contributed by atoms with E-state index in [1.54, 1.807) is 30.5 Å². The lowest BCUT2D eigenvalue weighted by Gasteiger charge is -2.33. The number of para-hydroxylation sites is 1. The van der Waals surface area contributed by atoms with E-state index in [9.17, 15) is 9.59 Å². The van der Waals surface area contributed by atoms with E-state index in [0.29, 0.717) is 17.0 Å². The summed E-state index contributed by atoms with van der Waals surface area (Å²) in [6.07, 6.45) is 1.66. The predicted octanol–water partition coefficient (Wildman–Crippen LogP) is 2.24. The number of ether oxygens (including phenoxy) is 1. The summed E-state index contributed by atoms with van der Waals surface area (Å²) in [7, 11) is 3.62. The molecule has 2 N–H and O–H groups in total. The Morgan fingerprint density at radius 1 is 1.06 bits per heavy atom. The minimum absolute atomic E-state index is 0.101. The van der Waals surface area contributed by atoms with Crippen LogP contribution in [-0.2, 0) is 4.79 Å². The Bertz CT molecular complexity index is 892. The second-order valence-electron chi connectivity index (χ2n) is 8.08. The fourth-order valence-corrected chi connectivity index (χ4v) is 3.49. The number of carbonyl (C=O) groups is 2. The Morgan fingerprint density at radius 2 is 1.77 bits per heavy atom. The highest BCUT2D eigenvalue weighted by atomic mass is 16.5. The molecular weight excluding hydrogens is 394 g/mol.